The lowest BCUT2D eigenvalue weighted by atomic mass is 10.2. The summed E-state index contributed by atoms with van der Waals surface area (Å²) < 4.78 is 27.1. The fourth-order valence-corrected chi connectivity index (χ4v) is 3.88. The van der Waals surface area contributed by atoms with E-state index in [4.69, 9.17) is 0 Å². The number of likely N-dealkylation sites (tertiary alicyclic amines) is 1. The molecule has 1 N–H and O–H groups in total. The monoisotopic (exact) mass is 360 g/mol. The van der Waals surface area contributed by atoms with Crippen molar-refractivity contribution in [2.24, 2.45) is 0 Å². The van der Waals surface area contributed by atoms with Crippen LogP contribution in [-0.2, 0) is 15.4 Å². The van der Waals surface area contributed by atoms with Gasteiger partial charge in [0.15, 0.2) is 0 Å². The van der Waals surface area contributed by atoms with Crippen molar-refractivity contribution in [3.05, 3.63) is 29.8 Å². The van der Waals surface area contributed by atoms with E-state index in [1.54, 1.807) is 12.1 Å². The first-order valence-electron chi connectivity index (χ1n) is 6.91. The Bertz CT molecular complexity index is 525. The van der Waals surface area contributed by atoms with Crippen LogP contribution in [0.2, 0.25) is 0 Å². The smallest absolute Gasteiger partial charge is 0.240 e. The topological polar surface area (TPSA) is 49.4 Å². The van der Waals surface area contributed by atoms with Crippen LogP contribution in [0.25, 0.3) is 0 Å². The Hall–Kier alpha value is -0.430. The molecule has 0 spiro atoms. The summed E-state index contributed by atoms with van der Waals surface area (Å²) in [6.07, 6.45) is 2.43. The highest BCUT2D eigenvalue weighted by Crippen LogP contribution is 2.14. The molecule has 0 bridgehead atoms. The molecule has 1 aliphatic rings. The minimum Gasteiger partial charge on any atom is -0.299 e. The zero-order chi connectivity index (χ0) is 14.6. The molecule has 0 amide bonds. The van der Waals surface area contributed by atoms with E-state index < -0.39 is 10.0 Å². The number of hydrogen-bond donors (Lipinski definition) is 1. The third-order valence-electron chi connectivity index (χ3n) is 3.72. The maximum Gasteiger partial charge on any atom is 0.240 e. The molecule has 1 fully saturated rings. The second-order valence-corrected chi connectivity index (χ2v) is 7.55. The van der Waals surface area contributed by atoms with Crippen LogP contribution in [0.4, 0.5) is 0 Å². The molecule has 20 heavy (non-hydrogen) atoms. The number of alkyl halides is 1. The third-order valence-corrected chi connectivity index (χ3v) is 5.81. The van der Waals surface area contributed by atoms with Crippen molar-refractivity contribution in [1.29, 1.82) is 0 Å². The molecule has 1 aromatic rings. The van der Waals surface area contributed by atoms with E-state index in [1.165, 1.54) is 12.8 Å². The van der Waals surface area contributed by atoms with E-state index in [9.17, 15) is 8.42 Å². The standard InChI is InChI=1S/C14H21BrN2O2S/c1-12(17-8-2-3-9-17)11-16-20(18,19)14-6-4-13(10-15)5-7-14/h4-7,12,16H,2-3,8-11H2,1H3. The molecular formula is C14H21BrN2O2S. The van der Waals surface area contributed by atoms with Gasteiger partial charge in [0.2, 0.25) is 10.0 Å². The zero-order valence-electron chi connectivity index (χ0n) is 11.7. The minimum atomic E-state index is -3.40. The Kier molecular flexibility index (Phi) is 5.60. The number of rotatable bonds is 6. The van der Waals surface area contributed by atoms with Crippen molar-refractivity contribution >= 4 is 26.0 Å². The highest BCUT2D eigenvalue weighted by atomic mass is 79.9. The largest absolute Gasteiger partial charge is 0.299 e. The van der Waals surface area contributed by atoms with Crippen LogP contribution in [-0.4, -0.2) is 39.0 Å². The molecule has 1 unspecified atom stereocenters. The molecule has 1 heterocycles. The van der Waals surface area contributed by atoms with Gasteiger partial charge in [-0.25, -0.2) is 13.1 Å². The fraction of sp³-hybridized carbons (Fsp3) is 0.571. The molecule has 1 saturated heterocycles. The average Bonchev–Trinajstić information content (AvgIpc) is 2.99. The molecule has 2 rings (SSSR count). The SMILES string of the molecule is CC(CNS(=O)(=O)c1ccc(CBr)cc1)N1CCCC1. The van der Waals surface area contributed by atoms with Gasteiger partial charge in [0, 0.05) is 17.9 Å². The van der Waals surface area contributed by atoms with Gasteiger partial charge in [0.25, 0.3) is 0 Å². The fourth-order valence-electron chi connectivity index (χ4n) is 2.38. The van der Waals surface area contributed by atoms with Gasteiger partial charge in [0.05, 0.1) is 4.90 Å². The first-order chi connectivity index (χ1) is 9.53. The van der Waals surface area contributed by atoms with Gasteiger partial charge < -0.3 is 0 Å². The van der Waals surface area contributed by atoms with Gasteiger partial charge in [-0.3, -0.25) is 4.90 Å². The number of halogens is 1. The van der Waals surface area contributed by atoms with Crippen molar-refractivity contribution in [3.8, 4) is 0 Å². The molecule has 0 aromatic heterocycles. The highest BCUT2D eigenvalue weighted by molar-refractivity contribution is 9.08. The summed E-state index contributed by atoms with van der Waals surface area (Å²) in [5, 5.41) is 0.729. The zero-order valence-corrected chi connectivity index (χ0v) is 14.1. The maximum atomic E-state index is 12.2. The molecule has 6 heteroatoms. The minimum absolute atomic E-state index is 0.245. The van der Waals surface area contributed by atoms with E-state index in [2.05, 4.69) is 32.5 Å². The summed E-state index contributed by atoms with van der Waals surface area (Å²) in [7, 11) is -3.40. The molecule has 0 radical (unpaired) electrons. The number of nitrogens with one attached hydrogen (secondary N) is 1. The maximum absolute atomic E-state index is 12.2. The summed E-state index contributed by atoms with van der Waals surface area (Å²) in [6.45, 7) is 4.68. The van der Waals surface area contributed by atoms with Crippen LogP contribution in [0.15, 0.2) is 29.2 Å². The predicted molar refractivity (Wildman–Crippen MR) is 84.5 cm³/mol. The van der Waals surface area contributed by atoms with Gasteiger partial charge in [-0.05, 0) is 50.6 Å². The van der Waals surface area contributed by atoms with E-state index in [0.29, 0.717) is 11.4 Å². The van der Waals surface area contributed by atoms with Crippen LogP contribution < -0.4 is 4.72 Å². The summed E-state index contributed by atoms with van der Waals surface area (Å²) in [5.74, 6) is 0. The number of hydrogen-bond acceptors (Lipinski definition) is 3. The summed E-state index contributed by atoms with van der Waals surface area (Å²) in [6, 6.07) is 7.20. The summed E-state index contributed by atoms with van der Waals surface area (Å²) in [5.41, 5.74) is 1.06. The quantitative estimate of drug-likeness (QED) is 0.792. The number of benzene rings is 1. The molecule has 1 atom stereocenters. The van der Waals surface area contributed by atoms with Crippen LogP contribution in [0.3, 0.4) is 0 Å². The second-order valence-electron chi connectivity index (χ2n) is 5.22. The molecule has 112 valence electrons. The van der Waals surface area contributed by atoms with Crippen molar-refractivity contribution in [1.82, 2.24) is 9.62 Å². The second kappa shape index (κ2) is 7.02. The lowest BCUT2D eigenvalue weighted by Crippen LogP contribution is -2.40. The van der Waals surface area contributed by atoms with Gasteiger partial charge in [-0.1, -0.05) is 28.1 Å². The Morgan fingerprint density at radius 1 is 1.25 bits per heavy atom. The van der Waals surface area contributed by atoms with Gasteiger partial charge in [-0.15, -0.1) is 0 Å². The van der Waals surface area contributed by atoms with Gasteiger partial charge in [-0.2, -0.15) is 0 Å². The average molecular weight is 361 g/mol. The normalized spacial score (nSPS) is 18.3. The van der Waals surface area contributed by atoms with Crippen LogP contribution in [0.5, 0.6) is 0 Å². The van der Waals surface area contributed by atoms with E-state index in [0.717, 1.165) is 24.0 Å². The lowest BCUT2D eigenvalue weighted by molar-refractivity contribution is 0.260. The molecular weight excluding hydrogens is 340 g/mol. The van der Waals surface area contributed by atoms with E-state index >= 15 is 0 Å². The molecule has 0 aliphatic carbocycles. The molecule has 0 saturated carbocycles. The van der Waals surface area contributed by atoms with Crippen LogP contribution >= 0.6 is 15.9 Å². The van der Waals surface area contributed by atoms with Gasteiger partial charge >= 0.3 is 0 Å². The Labute approximate surface area is 129 Å². The Balaban J connectivity index is 1.95. The third kappa shape index (κ3) is 4.04. The number of nitrogens with zero attached hydrogens (tertiary/aromatic N) is 1. The molecule has 1 aromatic carbocycles. The lowest BCUT2D eigenvalue weighted by Gasteiger charge is -2.23. The number of sulfonamides is 1. The van der Waals surface area contributed by atoms with Crippen LogP contribution in [0.1, 0.15) is 25.3 Å². The summed E-state index contributed by atoms with van der Waals surface area (Å²) in [4.78, 5) is 2.66. The van der Waals surface area contributed by atoms with Crippen molar-refractivity contribution in [2.45, 2.75) is 36.0 Å². The summed E-state index contributed by atoms with van der Waals surface area (Å²) >= 11 is 3.35. The first-order valence-corrected chi connectivity index (χ1v) is 9.52. The Morgan fingerprint density at radius 3 is 2.40 bits per heavy atom. The first kappa shape index (κ1) is 15.9. The van der Waals surface area contributed by atoms with Crippen LogP contribution in [0, 0.1) is 0 Å². The Morgan fingerprint density at radius 2 is 1.85 bits per heavy atom. The van der Waals surface area contributed by atoms with Crippen molar-refractivity contribution < 1.29 is 8.42 Å². The molecule has 1 aliphatic heterocycles. The van der Waals surface area contributed by atoms with Gasteiger partial charge in [0.1, 0.15) is 0 Å². The van der Waals surface area contributed by atoms with Crippen molar-refractivity contribution in [2.75, 3.05) is 19.6 Å². The highest BCUT2D eigenvalue weighted by Gasteiger charge is 2.20. The predicted octanol–water partition coefficient (Wildman–Crippen LogP) is 2.34. The van der Waals surface area contributed by atoms with E-state index in [-0.39, 0.29) is 6.04 Å². The van der Waals surface area contributed by atoms with Crippen molar-refractivity contribution in [3.63, 3.8) is 0 Å². The molecule has 4 nitrogen and oxygen atoms in total. The van der Waals surface area contributed by atoms with E-state index in [1.807, 2.05) is 12.1 Å².